The lowest BCUT2D eigenvalue weighted by atomic mass is 10.0. The van der Waals surface area contributed by atoms with E-state index in [9.17, 15) is 0 Å². The molecule has 0 radical (unpaired) electrons. The Morgan fingerprint density at radius 1 is 0.800 bits per heavy atom. The van der Waals surface area contributed by atoms with Gasteiger partial charge in [0.2, 0.25) is 0 Å². The Labute approximate surface area is 93.4 Å². The summed E-state index contributed by atoms with van der Waals surface area (Å²) in [6.45, 7) is 2.70. The van der Waals surface area contributed by atoms with Gasteiger partial charge in [-0.3, -0.25) is 4.90 Å². The number of piperidine rings is 1. The molecule has 1 saturated heterocycles. The van der Waals surface area contributed by atoms with E-state index in [1.165, 1.54) is 64.5 Å². The molecule has 1 N–H and O–H groups in total. The standard InChI is InChI=1S/C13H24N2/c1-2-5-11(4-1)14-12-6-3-9-15(10-12)13-7-8-13/h11-14H,1-10H2. The zero-order valence-corrected chi connectivity index (χ0v) is 9.75. The van der Waals surface area contributed by atoms with Gasteiger partial charge in [-0.25, -0.2) is 0 Å². The molecule has 0 spiro atoms. The largest absolute Gasteiger partial charge is 0.310 e. The highest BCUT2D eigenvalue weighted by molar-refractivity contribution is 4.91. The van der Waals surface area contributed by atoms with Crippen molar-refractivity contribution in [3.8, 4) is 0 Å². The van der Waals surface area contributed by atoms with Gasteiger partial charge in [0.25, 0.3) is 0 Å². The summed E-state index contributed by atoms with van der Waals surface area (Å²) in [7, 11) is 0. The van der Waals surface area contributed by atoms with Crippen LogP contribution in [0.2, 0.25) is 0 Å². The van der Waals surface area contributed by atoms with Crippen LogP contribution >= 0.6 is 0 Å². The van der Waals surface area contributed by atoms with Gasteiger partial charge in [-0.05, 0) is 45.1 Å². The number of hydrogen-bond donors (Lipinski definition) is 1. The van der Waals surface area contributed by atoms with Gasteiger partial charge in [-0.2, -0.15) is 0 Å². The predicted molar refractivity (Wildman–Crippen MR) is 63.0 cm³/mol. The lowest BCUT2D eigenvalue weighted by Crippen LogP contribution is -2.49. The molecule has 2 aliphatic carbocycles. The van der Waals surface area contributed by atoms with Crippen molar-refractivity contribution in [1.82, 2.24) is 10.2 Å². The van der Waals surface area contributed by atoms with Crippen LogP contribution in [-0.4, -0.2) is 36.1 Å². The van der Waals surface area contributed by atoms with Crippen molar-refractivity contribution in [2.45, 2.75) is 69.5 Å². The summed E-state index contributed by atoms with van der Waals surface area (Å²) in [4.78, 5) is 2.73. The van der Waals surface area contributed by atoms with Crippen LogP contribution in [-0.2, 0) is 0 Å². The molecule has 3 rings (SSSR count). The number of nitrogens with zero attached hydrogens (tertiary/aromatic N) is 1. The molecule has 3 aliphatic rings. The zero-order chi connectivity index (χ0) is 10.1. The lowest BCUT2D eigenvalue weighted by molar-refractivity contribution is 0.175. The quantitative estimate of drug-likeness (QED) is 0.764. The first kappa shape index (κ1) is 10.1. The van der Waals surface area contributed by atoms with E-state index in [2.05, 4.69) is 10.2 Å². The van der Waals surface area contributed by atoms with Gasteiger partial charge in [0, 0.05) is 24.7 Å². The number of hydrogen-bond acceptors (Lipinski definition) is 2. The first-order chi connectivity index (χ1) is 7.42. The monoisotopic (exact) mass is 208 g/mol. The van der Waals surface area contributed by atoms with Crippen molar-refractivity contribution < 1.29 is 0 Å². The van der Waals surface area contributed by atoms with Crippen LogP contribution in [0.25, 0.3) is 0 Å². The van der Waals surface area contributed by atoms with Gasteiger partial charge in [-0.1, -0.05) is 12.8 Å². The van der Waals surface area contributed by atoms with Crippen LogP contribution in [0.15, 0.2) is 0 Å². The SMILES string of the molecule is C1CCC(NC2CCCN(C3CC3)C2)C1. The van der Waals surface area contributed by atoms with Gasteiger partial charge >= 0.3 is 0 Å². The van der Waals surface area contributed by atoms with E-state index in [1.54, 1.807) is 0 Å². The molecule has 1 heterocycles. The molecule has 1 aliphatic heterocycles. The predicted octanol–water partition coefficient (Wildman–Crippen LogP) is 2.15. The Morgan fingerprint density at radius 3 is 2.27 bits per heavy atom. The summed E-state index contributed by atoms with van der Waals surface area (Å²) in [6, 6.07) is 2.63. The Bertz CT molecular complexity index is 205. The molecule has 15 heavy (non-hydrogen) atoms. The van der Waals surface area contributed by atoms with Gasteiger partial charge < -0.3 is 5.32 Å². The highest BCUT2D eigenvalue weighted by Crippen LogP contribution is 2.29. The van der Waals surface area contributed by atoms with Crippen LogP contribution in [0.3, 0.4) is 0 Å². The van der Waals surface area contributed by atoms with Crippen LogP contribution in [0.4, 0.5) is 0 Å². The second kappa shape index (κ2) is 4.42. The summed E-state index contributed by atoms with van der Waals surface area (Å²) in [5, 5.41) is 3.89. The Morgan fingerprint density at radius 2 is 1.53 bits per heavy atom. The minimum atomic E-state index is 0.808. The van der Waals surface area contributed by atoms with Gasteiger partial charge in [0.1, 0.15) is 0 Å². The molecule has 0 amide bonds. The topological polar surface area (TPSA) is 15.3 Å². The smallest absolute Gasteiger partial charge is 0.0198 e. The molecule has 3 fully saturated rings. The molecule has 2 heteroatoms. The fourth-order valence-corrected chi connectivity index (χ4v) is 3.34. The Balaban J connectivity index is 1.47. The summed E-state index contributed by atoms with van der Waals surface area (Å²) in [5.41, 5.74) is 0. The fraction of sp³-hybridized carbons (Fsp3) is 1.00. The van der Waals surface area contributed by atoms with Crippen molar-refractivity contribution in [1.29, 1.82) is 0 Å². The van der Waals surface area contributed by atoms with Gasteiger partial charge in [0.15, 0.2) is 0 Å². The molecule has 0 aromatic rings. The first-order valence-corrected chi connectivity index (χ1v) is 6.92. The van der Waals surface area contributed by atoms with Crippen LogP contribution in [0.1, 0.15) is 51.4 Å². The van der Waals surface area contributed by atoms with Gasteiger partial charge in [0.05, 0.1) is 0 Å². The molecule has 0 bridgehead atoms. The molecule has 1 atom stereocenters. The molecule has 2 saturated carbocycles. The summed E-state index contributed by atoms with van der Waals surface area (Å²) < 4.78 is 0. The average Bonchev–Trinajstić information content (AvgIpc) is 3.00. The molecule has 86 valence electrons. The Kier molecular flexibility index (Phi) is 2.98. The van der Waals surface area contributed by atoms with Crippen LogP contribution in [0, 0.1) is 0 Å². The number of rotatable bonds is 3. The molecular weight excluding hydrogens is 184 g/mol. The normalized spacial score (nSPS) is 34.8. The molecule has 1 unspecified atom stereocenters. The van der Waals surface area contributed by atoms with Crippen molar-refractivity contribution in [2.24, 2.45) is 0 Å². The third-order valence-electron chi connectivity index (χ3n) is 4.34. The second-order valence-corrected chi connectivity index (χ2v) is 5.71. The van der Waals surface area contributed by atoms with E-state index >= 15 is 0 Å². The van der Waals surface area contributed by atoms with E-state index < -0.39 is 0 Å². The zero-order valence-electron chi connectivity index (χ0n) is 9.75. The summed E-state index contributed by atoms with van der Waals surface area (Å²) >= 11 is 0. The maximum absolute atomic E-state index is 3.89. The highest BCUT2D eigenvalue weighted by Gasteiger charge is 2.33. The van der Waals surface area contributed by atoms with E-state index in [1.807, 2.05) is 0 Å². The Hall–Kier alpha value is -0.0800. The van der Waals surface area contributed by atoms with Crippen molar-refractivity contribution in [2.75, 3.05) is 13.1 Å². The molecule has 0 aromatic carbocycles. The third kappa shape index (κ3) is 2.54. The molecule has 2 nitrogen and oxygen atoms in total. The average molecular weight is 208 g/mol. The number of nitrogens with one attached hydrogen (secondary N) is 1. The second-order valence-electron chi connectivity index (χ2n) is 5.71. The van der Waals surface area contributed by atoms with E-state index in [-0.39, 0.29) is 0 Å². The molecular formula is C13H24N2. The minimum absolute atomic E-state index is 0.808. The number of likely N-dealkylation sites (tertiary alicyclic amines) is 1. The maximum atomic E-state index is 3.89. The molecule has 0 aromatic heterocycles. The van der Waals surface area contributed by atoms with Crippen LogP contribution in [0.5, 0.6) is 0 Å². The van der Waals surface area contributed by atoms with Crippen molar-refractivity contribution in [3.05, 3.63) is 0 Å². The van der Waals surface area contributed by atoms with Crippen molar-refractivity contribution in [3.63, 3.8) is 0 Å². The summed E-state index contributed by atoms with van der Waals surface area (Å²) in [6.07, 6.45) is 11.5. The van der Waals surface area contributed by atoms with E-state index in [0.717, 1.165) is 18.1 Å². The minimum Gasteiger partial charge on any atom is -0.310 e. The van der Waals surface area contributed by atoms with Crippen molar-refractivity contribution >= 4 is 0 Å². The fourth-order valence-electron chi connectivity index (χ4n) is 3.34. The van der Waals surface area contributed by atoms with Gasteiger partial charge in [-0.15, -0.1) is 0 Å². The first-order valence-electron chi connectivity index (χ1n) is 6.92. The van der Waals surface area contributed by atoms with E-state index in [0.29, 0.717) is 0 Å². The van der Waals surface area contributed by atoms with Crippen LogP contribution < -0.4 is 5.32 Å². The maximum Gasteiger partial charge on any atom is 0.0198 e. The lowest BCUT2D eigenvalue weighted by Gasteiger charge is -2.34. The highest BCUT2D eigenvalue weighted by atomic mass is 15.2. The summed E-state index contributed by atoms with van der Waals surface area (Å²) in [5.74, 6) is 0. The van der Waals surface area contributed by atoms with E-state index in [4.69, 9.17) is 0 Å². The third-order valence-corrected chi connectivity index (χ3v) is 4.34.